The second kappa shape index (κ2) is 14.8. The number of fused-ring (bicyclic) bond motifs is 1. The molecule has 0 N–H and O–H groups in total. The molecule has 0 bridgehead atoms. The summed E-state index contributed by atoms with van der Waals surface area (Å²) in [7, 11) is 3.52. The van der Waals surface area contributed by atoms with Crippen LogP contribution in [-0.2, 0) is 40.3 Å². The van der Waals surface area contributed by atoms with Gasteiger partial charge in [-0.15, -0.1) is 11.3 Å². The third-order valence-electron chi connectivity index (χ3n) is 7.31. The van der Waals surface area contributed by atoms with E-state index in [4.69, 9.17) is 9.47 Å². The predicted molar refractivity (Wildman–Crippen MR) is 165 cm³/mol. The molecule has 4 rings (SSSR count). The first-order valence-electron chi connectivity index (χ1n) is 14.3. The first kappa shape index (κ1) is 32.4. The molecule has 0 aliphatic rings. The van der Waals surface area contributed by atoms with Crippen molar-refractivity contribution in [2.75, 3.05) is 40.5 Å². The first-order chi connectivity index (χ1) is 20.7. The van der Waals surface area contributed by atoms with E-state index in [9.17, 15) is 23.2 Å². The van der Waals surface area contributed by atoms with Crippen molar-refractivity contribution in [2.45, 2.75) is 46.3 Å². The summed E-state index contributed by atoms with van der Waals surface area (Å²) in [6.45, 7) is 5.20. The average molecular weight is 614 g/mol. The highest BCUT2D eigenvalue weighted by Crippen LogP contribution is 2.38. The van der Waals surface area contributed by atoms with Crippen molar-refractivity contribution in [1.82, 2.24) is 14.0 Å². The molecule has 0 atom stereocenters. The molecule has 0 aliphatic carbocycles. The molecule has 230 valence electrons. The maximum atomic E-state index is 14.8. The van der Waals surface area contributed by atoms with Gasteiger partial charge in [0.2, 0.25) is 0 Å². The number of carbonyl (C=O) groups is 1. The van der Waals surface area contributed by atoms with Crippen LogP contribution in [0.5, 0.6) is 0 Å². The van der Waals surface area contributed by atoms with Gasteiger partial charge in [0.15, 0.2) is 0 Å². The van der Waals surface area contributed by atoms with Crippen LogP contribution in [0.2, 0.25) is 0 Å². The van der Waals surface area contributed by atoms with Crippen LogP contribution >= 0.6 is 11.3 Å². The van der Waals surface area contributed by atoms with Crippen LogP contribution in [-0.4, -0.2) is 60.3 Å². The second-order valence-electron chi connectivity index (χ2n) is 10.3. The molecule has 0 aliphatic heterocycles. The minimum absolute atomic E-state index is 0.00844. The van der Waals surface area contributed by atoms with Crippen molar-refractivity contribution >= 4 is 27.3 Å². The minimum atomic E-state index is -0.777. The van der Waals surface area contributed by atoms with Gasteiger partial charge < -0.3 is 9.47 Å². The number of Topliss-reactive ketones (excluding diaryl/α,β-unsaturated/α-hetero) is 1. The minimum Gasteiger partial charge on any atom is -0.383 e. The second-order valence-corrected chi connectivity index (χ2v) is 11.3. The highest BCUT2D eigenvalue weighted by Gasteiger charge is 2.25. The van der Waals surface area contributed by atoms with Crippen LogP contribution in [0.25, 0.3) is 20.7 Å². The van der Waals surface area contributed by atoms with Crippen LogP contribution in [0.15, 0.2) is 52.1 Å². The number of ether oxygens (including phenoxy) is 2. The summed E-state index contributed by atoms with van der Waals surface area (Å²) < 4.78 is 42.7. The van der Waals surface area contributed by atoms with Crippen LogP contribution < -0.4 is 11.2 Å². The van der Waals surface area contributed by atoms with Crippen LogP contribution in [0.3, 0.4) is 0 Å². The zero-order valence-corrected chi connectivity index (χ0v) is 25.8. The molecule has 0 amide bonds. The predicted octanol–water partition coefficient (Wildman–Crippen LogP) is 4.85. The smallest absolute Gasteiger partial charge is 0.332 e. The Bertz CT molecular complexity index is 1670. The van der Waals surface area contributed by atoms with Crippen molar-refractivity contribution in [3.05, 3.63) is 91.6 Å². The fourth-order valence-corrected chi connectivity index (χ4v) is 6.20. The lowest BCUT2D eigenvalue weighted by atomic mass is 10.0. The Labute approximate surface area is 253 Å². The molecule has 0 fully saturated rings. The summed E-state index contributed by atoms with van der Waals surface area (Å²) in [5.74, 6) is -1.42. The molecule has 2 aromatic heterocycles. The third kappa shape index (κ3) is 7.35. The number of benzene rings is 2. The first-order valence-corrected chi connectivity index (χ1v) is 15.1. The molecule has 0 spiro atoms. The number of thiophene rings is 1. The average Bonchev–Trinajstić information content (AvgIpc) is 3.36. The van der Waals surface area contributed by atoms with Crippen molar-refractivity contribution in [3.63, 3.8) is 0 Å². The molecule has 2 heterocycles. The van der Waals surface area contributed by atoms with E-state index < -0.39 is 22.9 Å². The number of halogens is 2. The molecule has 0 saturated heterocycles. The van der Waals surface area contributed by atoms with Crippen molar-refractivity contribution < 1.29 is 23.0 Å². The zero-order chi connectivity index (χ0) is 31.1. The van der Waals surface area contributed by atoms with E-state index in [1.165, 1.54) is 22.0 Å². The lowest BCUT2D eigenvalue weighted by Gasteiger charge is -2.18. The molecule has 43 heavy (non-hydrogen) atoms. The molecule has 4 aromatic rings. The summed E-state index contributed by atoms with van der Waals surface area (Å²) in [5, 5.41) is 0.322. The summed E-state index contributed by atoms with van der Waals surface area (Å²) in [4.78, 5) is 42.9. The lowest BCUT2D eigenvalue weighted by Crippen LogP contribution is -2.41. The Balaban J connectivity index is 1.98. The molecule has 2 aromatic carbocycles. The Kier molecular flexibility index (Phi) is 11.1. The van der Waals surface area contributed by atoms with E-state index in [-0.39, 0.29) is 31.0 Å². The van der Waals surface area contributed by atoms with Crippen molar-refractivity contribution in [2.24, 2.45) is 0 Å². The number of carbonyl (C=O) groups excluding carboxylic acids is 1. The van der Waals surface area contributed by atoms with E-state index in [0.29, 0.717) is 54.9 Å². The normalized spacial score (nSPS) is 11.6. The van der Waals surface area contributed by atoms with E-state index in [2.05, 4.69) is 0 Å². The number of rotatable bonds is 15. The fourth-order valence-electron chi connectivity index (χ4n) is 4.90. The highest BCUT2D eigenvalue weighted by atomic mass is 32.1. The lowest BCUT2D eigenvalue weighted by molar-refractivity contribution is -0.118. The number of aromatic nitrogens is 2. The van der Waals surface area contributed by atoms with Crippen LogP contribution in [0, 0.1) is 11.6 Å². The molecular formula is C32H37F2N3O5S. The van der Waals surface area contributed by atoms with Gasteiger partial charge in [-0.2, -0.15) is 0 Å². The van der Waals surface area contributed by atoms with Crippen molar-refractivity contribution in [3.8, 4) is 10.4 Å². The summed E-state index contributed by atoms with van der Waals surface area (Å²) in [6.07, 6.45) is 0.778. The zero-order valence-electron chi connectivity index (χ0n) is 25.0. The van der Waals surface area contributed by atoms with Gasteiger partial charge in [-0.25, -0.2) is 13.6 Å². The van der Waals surface area contributed by atoms with Crippen molar-refractivity contribution in [1.29, 1.82) is 0 Å². The van der Waals surface area contributed by atoms with Gasteiger partial charge in [0.05, 0.1) is 31.7 Å². The van der Waals surface area contributed by atoms with Gasteiger partial charge in [-0.05, 0) is 42.8 Å². The van der Waals surface area contributed by atoms with Gasteiger partial charge >= 0.3 is 5.69 Å². The molecule has 11 heteroatoms. The largest absolute Gasteiger partial charge is 0.383 e. The topological polar surface area (TPSA) is 82.8 Å². The Hall–Kier alpha value is -3.51. The fraction of sp³-hybridized carbons (Fsp3) is 0.406. The Morgan fingerprint density at radius 2 is 1.67 bits per heavy atom. The highest BCUT2D eigenvalue weighted by molar-refractivity contribution is 7.22. The molecular weight excluding hydrogens is 576 g/mol. The SMILES string of the molecule is CCOCCn1c(=O)c2c(CN(C)CCOC)c(-c3ccc(CC(=O)CC)cc3)sc2n(Cc2c(F)cccc2F)c1=O. The Morgan fingerprint density at radius 3 is 2.30 bits per heavy atom. The standard InChI is InChI=1S/C32H37F2N3O5S/c1-5-23(38)18-21-10-12-22(13-11-21)29-25(19-35(3)14-16-41-4)28-30(39)36(15-17-42-6-2)32(40)37(31(28)43-29)20-24-26(33)8-7-9-27(24)34/h7-13H,5-6,14-20H2,1-4H3. The van der Waals surface area contributed by atoms with E-state index in [0.717, 1.165) is 32.7 Å². The van der Waals surface area contributed by atoms with E-state index >= 15 is 0 Å². The number of methoxy groups -OCH3 is 1. The summed E-state index contributed by atoms with van der Waals surface area (Å²) >= 11 is 1.24. The van der Waals surface area contributed by atoms with E-state index in [1.54, 1.807) is 7.11 Å². The maximum absolute atomic E-state index is 14.8. The van der Waals surface area contributed by atoms with Crippen LogP contribution in [0.1, 0.15) is 37.0 Å². The Morgan fingerprint density at radius 1 is 0.977 bits per heavy atom. The number of ketones is 1. The van der Waals surface area contributed by atoms with Gasteiger partial charge in [0.1, 0.15) is 22.2 Å². The molecule has 0 unspecified atom stereocenters. The van der Waals surface area contributed by atoms with Gasteiger partial charge in [0.25, 0.3) is 5.56 Å². The van der Waals surface area contributed by atoms with Crippen LogP contribution in [0.4, 0.5) is 8.78 Å². The van der Waals surface area contributed by atoms with Gasteiger partial charge in [-0.3, -0.25) is 23.6 Å². The third-order valence-corrected chi connectivity index (χ3v) is 8.62. The monoisotopic (exact) mass is 613 g/mol. The van der Waals surface area contributed by atoms with Gasteiger partial charge in [0, 0.05) is 50.1 Å². The number of likely N-dealkylation sites (N-methyl/N-ethyl adjacent to an activating group) is 1. The molecule has 8 nitrogen and oxygen atoms in total. The summed E-state index contributed by atoms with van der Waals surface area (Å²) in [6, 6.07) is 11.1. The number of hydrogen-bond acceptors (Lipinski definition) is 7. The van der Waals surface area contributed by atoms with Gasteiger partial charge in [-0.1, -0.05) is 37.3 Å². The molecule has 0 saturated carbocycles. The summed E-state index contributed by atoms with van der Waals surface area (Å²) in [5.41, 5.74) is 0.975. The number of nitrogens with zero attached hydrogens (tertiary/aromatic N) is 3. The quantitative estimate of drug-likeness (QED) is 0.178. The molecule has 0 radical (unpaired) electrons. The maximum Gasteiger partial charge on any atom is 0.332 e. The number of hydrogen-bond donors (Lipinski definition) is 0. The van der Waals surface area contributed by atoms with E-state index in [1.807, 2.05) is 50.1 Å².